The molecule has 2 nitrogen and oxygen atoms in total. The third-order valence-electron chi connectivity index (χ3n) is 2.35. The third kappa shape index (κ3) is 2.30. The Morgan fingerprint density at radius 2 is 2.14 bits per heavy atom. The molecule has 1 N–H and O–H groups in total. The highest BCUT2D eigenvalue weighted by atomic mass is 19.1. The fourth-order valence-electron chi connectivity index (χ4n) is 1.63. The van der Waals surface area contributed by atoms with Crippen LogP contribution in [0.1, 0.15) is 12.5 Å². The molecule has 1 aliphatic heterocycles. The fourth-order valence-corrected chi connectivity index (χ4v) is 1.63. The van der Waals surface area contributed by atoms with Crippen molar-refractivity contribution >= 4 is 0 Å². The Morgan fingerprint density at radius 3 is 2.71 bits per heavy atom. The van der Waals surface area contributed by atoms with Crippen LogP contribution in [-0.2, 0) is 11.2 Å². The summed E-state index contributed by atoms with van der Waals surface area (Å²) in [6.45, 7) is 2.84. The number of halogens is 1. The minimum absolute atomic E-state index is 0.0791. The molecular weight excluding hydrogens is 181 g/mol. The van der Waals surface area contributed by atoms with Crippen molar-refractivity contribution in [3.8, 4) is 0 Å². The predicted octanol–water partition coefficient (Wildman–Crippen LogP) is 1.70. The van der Waals surface area contributed by atoms with Gasteiger partial charge in [0.25, 0.3) is 0 Å². The van der Waals surface area contributed by atoms with Crippen molar-refractivity contribution in [2.45, 2.75) is 25.6 Å². The van der Waals surface area contributed by atoms with Crippen molar-refractivity contribution < 1.29 is 9.13 Å². The molecule has 0 spiro atoms. The first-order valence-electron chi connectivity index (χ1n) is 4.86. The molecule has 0 saturated carbocycles. The highest BCUT2D eigenvalue weighted by Crippen LogP contribution is 2.10. The van der Waals surface area contributed by atoms with Crippen molar-refractivity contribution in [3.63, 3.8) is 0 Å². The molecule has 0 aliphatic carbocycles. The first-order valence-corrected chi connectivity index (χ1v) is 4.86. The van der Waals surface area contributed by atoms with E-state index in [1.165, 1.54) is 12.1 Å². The van der Waals surface area contributed by atoms with Gasteiger partial charge < -0.3 is 4.74 Å². The molecule has 2 atom stereocenters. The lowest BCUT2D eigenvalue weighted by molar-refractivity contribution is 0.101. The van der Waals surface area contributed by atoms with E-state index in [0.717, 1.165) is 18.6 Å². The van der Waals surface area contributed by atoms with Gasteiger partial charge in [-0.2, -0.15) is 0 Å². The minimum Gasteiger partial charge on any atom is -0.361 e. The van der Waals surface area contributed by atoms with Gasteiger partial charge in [0, 0.05) is 12.5 Å². The van der Waals surface area contributed by atoms with E-state index < -0.39 is 0 Å². The second-order valence-corrected chi connectivity index (χ2v) is 3.72. The number of rotatable bonds is 2. The molecule has 1 saturated heterocycles. The molecule has 0 radical (unpaired) electrons. The maximum atomic E-state index is 12.6. The molecule has 0 bridgehead atoms. The molecule has 14 heavy (non-hydrogen) atoms. The summed E-state index contributed by atoms with van der Waals surface area (Å²) in [6, 6.07) is 6.97. The van der Waals surface area contributed by atoms with Crippen LogP contribution in [0.4, 0.5) is 4.39 Å². The van der Waals surface area contributed by atoms with Gasteiger partial charge in [-0.05, 0) is 24.6 Å². The summed E-state index contributed by atoms with van der Waals surface area (Å²) >= 11 is 0. The van der Waals surface area contributed by atoms with Gasteiger partial charge in [0.1, 0.15) is 12.0 Å². The average Bonchev–Trinajstić information content (AvgIpc) is 2.56. The van der Waals surface area contributed by atoms with Crippen LogP contribution >= 0.6 is 0 Å². The zero-order chi connectivity index (χ0) is 9.97. The molecule has 1 heterocycles. The zero-order valence-electron chi connectivity index (χ0n) is 8.16. The smallest absolute Gasteiger partial charge is 0.123 e. The monoisotopic (exact) mass is 195 g/mol. The summed E-state index contributed by atoms with van der Waals surface area (Å²) < 4.78 is 18.1. The molecule has 2 rings (SSSR count). The Hall–Kier alpha value is -0.930. The normalized spacial score (nSPS) is 26.7. The number of nitrogens with one attached hydrogen (secondary N) is 1. The van der Waals surface area contributed by atoms with Crippen LogP contribution in [0.3, 0.4) is 0 Å². The number of hydrogen-bond acceptors (Lipinski definition) is 2. The van der Waals surface area contributed by atoms with Crippen LogP contribution < -0.4 is 5.32 Å². The van der Waals surface area contributed by atoms with Gasteiger partial charge in [0.05, 0.1) is 6.61 Å². The standard InChI is InChI=1S/C11H14FNO/c1-8-7-14-11(13-8)6-9-2-4-10(12)5-3-9/h2-5,8,11,13H,6-7H2,1H3. The van der Waals surface area contributed by atoms with Crippen LogP contribution in [0, 0.1) is 5.82 Å². The molecule has 3 heteroatoms. The van der Waals surface area contributed by atoms with Crippen molar-refractivity contribution in [2.75, 3.05) is 6.61 Å². The molecule has 1 aromatic rings. The lowest BCUT2D eigenvalue weighted by atomic mass is 10.1. The highest BCUT2D eigenvalue weighted by Gasteiger charge is 2.20. The topological polar surface area (TPSA) is 21.3 Å². The van der Waals surface area contributed by atoms with Gasteiger partial charge in [0.2, 0.25) is 0 Å². The molecule has 2 unspecified atom stereocenters. The lowest BCUT2D eigenvalue weighted by Crippen LogP contribution is -2.29. The van der Waals surface area contributed by atoms with Crippen molar-refractivity contribution in [3.05, 3.63) is 35.6 Å². The Kier molecular flexibility index (Phi) is 2.79. The molecule has 0 amide bonds. The maximum absolute atomic E-state index is 12.6. The average molecular weight is 195 g/mol. The lowest BCUT2D eigenvalue weighted by Gasteiger charge is -2.10. The van der Waals surface area contributed by atoms with Crippen LogP contribution in [0.5, 0.6) is 0 Å². The zero-order valence-corrected chi connectivity index (χ0v) is 8.16. The van der Waals surface area contributed by atoms with Crippen LogP contribution in [0.25, 0.3) is 0 Å². The number of benzene rings is 1. The van der Waals surface area contributed by atoms with E-state index in [4.69, 9.17) is 4.74 Å². The number of ether oxygens (including phenoxy) is 1. The number of hydrogen-bond donors (Lipinski definition) is 1. The molecule has 1 fully saturated rings. The molecule has 1 aromatic carbocycles. The minimum atomic E-state index is -0.192. The van der Waals surface area contributed by atoms with E-state index in [1.54, 1.807) is 12.1 Å². The van der Waals surface area contributed by atoms with Gasteiger partial charge in [-0.3, -0.25) is 5.32 Å². The summed E-state index contributed by atoms with van der Waals surface area (Å²) in [7, 11) is 0. The Morgan fingerprint density at radius 1 is 1.43 bits per heavy atom. The van der Waals surface area contributed by atoms with Gasteiger partial charge in [-0.25, -0.2) is 4.39 Å². The SMILES string of the molecule is CC1COC(Cc2ccc(F)cc2)N1. The Balaban J connectivity index is 1.94. The van der Waals surface area contributed by atoms with E-state index >= 15 is 0 Å². The van der Waals surface area contributed by atoms with E-state index in [1.807, 2.05) is 0 Å². The maximum Gasteiger partial charge on any atom is 0.123 e. The van der Waals surface area contributed by atoms with Crippen LogP contribution in [0.2, 0.25) is 0 Å². The molecule has 76 valence electrons. The first-order chi connectivity index (χ1) is 6.74. The van der Waals surface area contributed by atoms with Crippen LogP contribution in [-0.4, -0.2) is 18.9 Å². The molecule has 0 aromatic heterocycles. The van der Waals surface area contributed by atoms with Gasteiger partial charge >= 0.3 is 0 Å². The summed E-state index contributed by atoms with van der Waals surface area (Å²) in [5.74, 6) is -0.192. The van der Waals surface area contributed by atoms with E-state index in [0.29, 0.717) is 6.04 Å². The Labute approximate surface area is 83.1 Å². The highest BCUT2D eigenvalue weighted by molar-refractivity contribution is 5.16. The van der Waals surface area contributed by atoms with E-state index in [-0.39, 0.29) is 12.0 Å². The summed E-state index contributed by atoms with van der Waals surface area (Å²) in [5.41, 5.74) is 1.10. The first kappa shape index (κ1) is 9.62. The van der Waals surface area contributed by atoms with Gasteiger partial charge in [-0.15, -0.1) is 0 Å². The van der Waals surface area contributed by atoms with Gasteiger partial charge in [0.15, 0.2) is 0 Å². The molecule has 1 aliphatic rings. The van der Waals surface area contributed by atoms with Crippen molar-refractivity contribution in [1.82, 2.24) is 5.32 Å². The fraction of sp³-hybridized carbons (Fsp3) is 0.455. The second-order valence-electron chi connectivity index (χ2n) is 3.72. The quantitative estimate of drug-likeness (QED) is 0.775. The van der Waals surface area contributed by atoms with E-state index in [2.05, 4.69) is 12.2 Å². The predicted molar refractivity (Wildman–Crippen MR) is 52.4 cm³/mol. The largest absolute Gasteiger partial charge is 0.361 e. The molecular formula is C11H14FNO. The third-order valence-corrected chi connectivity index (χ3v) is 2.35. The summed E-state index contributed by atoms with van der Waals surface area (Å²) in [5, 5.41) is 3.30. The second kappa shape index (κ2) is 4.07. The summed E-state index contributed by atoms with van der Waals surface area (Å²) in [6.07, 6.45) is 0.875. The van der Waals surface area contributed by atoms with E-state index in [9.17, 15) is 4.39 Å². The van der Waals surface area contributed by atoms with Crippen molar-refractivity contribution in [1.29, 1.82) is 0 Å². The summed E-state index contributed by atoms with van der Waals surface area (Å²) in [4.78, 5) is 0. The van der Waals surface area contributed by atoms with Gasteiger partial charge in [-0.1, -0.05) is 12.1 Å². The van der Waals surface area contributed by atoms with Crippen LogP contribution in [0.15, 0.2) is 24.3 Å². The van der Waals surface area contributed by atoms with Crippen molar-refractivity contribution in [2.24, 2.45) is 0 Å². The Bertz CT molecular complexity index is 299.